The molecule has 29 heavy (non-hydrogen) atoms. The van der Waals surface area contributed by atoms with E-state index in [1.54, 1.807) is 6.26 Å². The molecule has 4 aromatic rings. The molecule has 0 bridgehead atoms. The van der Waals surface area contributed by atoms with Gasteiger partial charge in [-0.15, -0.1) is 0 Å². The van der Waals surface area contributed by atoms with Gasteiger partial charge in [0.15, 0.2) is 0 Å². The number of nitrogens with zero attached hydrogens (tertiary/aromatic N) is 3. The van der Waals surface area contributed by atoms with Crippen LogP contribution in [0.3, 0.4) is 0 Å². The summed E-state index contributed by atoms with van der Waals surface area (Å²) in [4.78, 5) is 7.05. The molecule has 0 spiro atoms. The minimum absolute atomic E-state index is 0.205. The van der Waals surface area contributed by atoms with Crippen molar-refractivity contribution in [2.75, 3.05) is 26.3 Å². The van der Waals surface area contributed by atoms with E-state index in [2.05, 4.69) is 16.0 Å². The van der Waals surface area contributed by atoms with Gasteiger partial charge >= 0.3 is 0 Å². The number of fused-ring (bicyclic) bond motifs is 1. The van der Waals surface area contributed by atoms with Crippen molar-refractivity contribution in [1.82, 2.24) is 14.5 Å². The molecule has 0 aliphatic carbocycles. The second-order valence-electron chi connectivity index (χ2n) is 7.32. The highest BCUT2D eigenvalue weighted by Crippen LogP contribution is 2.39. The summed E-state index contributed by atoms with van der Waals surface area (Å²) < 4.78 is 12.8. The second kappa shape index (κ2) is 7.73. The molecule has 0 radical (unpaired) electrons. The first kappa shape index (κ1) is 18.0. The standard InChI is InChI=1S/C23H23N3O3/c27-23-22(20-8-7-17(14-24-20)15-25-9-12-28-13-10-25)19-5-1-2-6-21(19)26(23)16-18-4-3-11-29-18/h1-8,11,14,27H,9-10,12-13,15-16H2. The Hall–Kier alpha value is -3.09. The molecule has 5 rings (SSSR count). The van der Waals surface area contributed by atoms with Gasteiger partial charge in [-0.25, -0.2) is 0 Å². The smallest absolute Gasteiger partial charge is 0.202 e. The molecule has 1 aliphatic rings. The van der Waals surface area contributed by atoms with Gasteiger partial charge in [0.1, 0.15) is 5.76 Å². The Morgan fingerprint density at radius 3 is 2.59 bits per heavy atom. The first-order valence-electron chi connectivity index (χ1n) is 9.87. The Labute approximate surface area is 169 Å². The lowest BCUT2D eigenvalue weighted by Crippen LogP contribution is -2.35. The molecule has 1 saturated heterocycles. The van der Waals surface area contributed by atoms with Gasteiger partial charge < -0.3 is 18.8 Å². The van der Waals surface area contributed by atoms with Crippen molar-refractivity contribution in [2.24, 2.45) is 0 Å². The van der Waals surface area contributed by atoms with Gasteiger partial charge in [-0.1, -0.05) is 24.3 Å². The predicted octanol–water partition coefficient (Wildman–Crippen LogP) is 3.88. The van der Waals surface area contributed by atoms with E-state index in [0.717, 1.165) is 66.3 Å². The first-order chi connectivity index (χ1) is 14.3. The molecule has 4 heterocycles. The number of hydrogen-bond acceptors (Lipinski definition) is 5. The minimum atomic E-state index is 0.205. The van der Waals surface area contributed by atoms with Gasteiger partial charge in [-0.3, -0.25) is 9.88 Å². The van der Waals surface area contributed by atoms with Crippen molar-refractivity contribution in [3.8, 4) is 17.1 Å². The molecule has 148 valence electrons. The van der Waals surface area contributed by atoms with Crippen molar-refractivity contribution in [3.05, 3.63) is 72.3 Å². The summed E-state index contributed by atoms with van der Waals surface area (Å²) in [5, 5.41) is 12.0. The maximum Gasteiger partial charge on any atom is 0.202 e. The molecule has 0 unspecified atom stereocenters. The Morgan fingerprint density at radius 2 is 1.83 bits per heavy atom. The lowest BCUT2D eigenvalue weighted by Gasteiger charge is -2.26. The van der Waals surface area contributed by atoms with E-state index in [9.17, 15) is 5.11 Å². The third kappa shape index (κ3) is 3.52. The van der Waals surface area contributed by atoms with Crippen LogP contribution in [0.4, 0.5) is 0 Å². The van der Waals surface area contributed by atoms with E-state index in [1.165, 1.54) is 0 Å². The molecule has 1 aliphatic heterocycles. The molecule has 6 nitrogen and oxygen atoms in total. The van der Waals surface area contributed by atoms with E-state index in [1.807, 2.05) is 53.2 Å². The molecular weight excluding hydrogens is 366 g/mol. The third-order valence-electron chi connectivity index (χ3n) is 5.43. The van der Waals surface area contributed by atoms with Gasteiger partial charge in [0.25, 0.3) is 0 Å². The number of aromatic hydroxyl groups is 1. The van der Waals surface area contributed by atoms with Crippen LogP contribution in [0, 0.1) is 0 Å². The van der Waals surface area contributed by atoms with Crippen molar-refractivity contribution >= 4 is 10.9 Å². The van der Waals surface area contributed by atoms with Crippen LogP contribution in [0.1, 0.15) is 11.3 Å². The van der Waals surface area contributed by atoms with Crippen LogP contribution in [0.2, 0.25) is 0 Å². The number of para-hydroxylation sites is 1. The normalized spacial score (nSPS) is 15.2. The quantitative estimate of drug-likeness (QED) is 0.561. The van der Waals surface area contributed by atoms with Crippen molar-refractivity contribution in [1.29, 1.82) is 0 Å². The molecule has 0 atom stereocenters. The molecular formula is C23H23N3O3. The summed E-state index contributed by atoms with van der Waals surface area (Å²) in [6.45, 7) is 4.80. The zero-order valence-corrected chi connectivity index (χ0v) is 16.1. The van der Waals surface area contributed by atoms with Crippen molar-refractivity contribution in [2.45, 2.75) is 13.1 Å². The highest BCUT2D eigenvalue weighted by molar-refractivity contribution is 5.98. The number of furan rings is 1. The number of morpholine rings is 1. The Bertz CT molecular complexity index is 1090. The van der Waals surface area contributed by atoms with Crippen LogP contribution in [0.5, 0.6) is 5.88 Å². The summed E-state index contributed by atoms with van der Waals surface area (Å²) in [5.41, 5.74) is 3.64. The third-order valence-corrected chi connectivity index (χ3v) is 5.43. The van der Waals surface area contributed by atoms with Gasteiger partial charge in [-0.05, 0) is 29.8 Å². The fourth-order valence-electron chi connectivity index (χ4n) is 3.94. The van der Waals surface area contributed by atoms with Crippen LogP contribution in [-0.4, -0.2) is 45.9 Å². The van der Waals surface area contributed by atoms with Crippen LogP contribution in [0.25, 0.3) is 22.2 Å². The number of aromatic nitrogens is 2. The molecule has 1 aromatic carbocycles. The van der Waals surface area contributed by atoms with Gasteiger partial charge in [0.05, 0.1) is 42.8 Å². The Kier molecular flexibility index (Phi) is 4.79. The molecule has 3 aromatic heterocycles. The van der Waals surface area contributed by atoms with E-state index < -0.39 is 0 Å². The molecule has 1 N–H and O–H groups in total. The lowest BCUT2D eigenvalue weighted by molar-refractivity contribution is 0.0341. The predicted molar refractivity (Wildman–Crippen MR) is 111 cm³/mol. The van der Waals surface area contributed by atoms with Gasteiger partial charge in [0, 0.05) is 31.2 Å². The van der Waals surface area contributed by atoms with E-state index in [0.29, 0.717) is 6.54 Å². The Balaban J connectivity index is 1.49. The van der Waals surface area contributed by atoms with Crippen LogP contribution in [0.15, 0.2) is 65.4 Å². The highest BCUT2D eigenvalue weighted by Gasteiger charge is 2.20. The van der Waals surface area contributed by atoms with Crippen molar-refractivity contribution in [3.63, 3.8) is 0 Å². The maximum absolute atomic E-state index is 11.1. The fourth-order valence-corrected chi connectivity index (χ4v) is 3.94. The Morgan fingerprint density at radius 1 is 0.966 bits per heavy atom. The minimum Gasteiger partial charge on any atom is -0.494 e. The first-order valence-corrected chi connectivity index (χ1v) is 9.87. The molecule has 0 saturated carbocycles. The fraction of sp³-hybridized carbons (Fsp3) is 0.261. The summed E-state index contributed by atoms with van der Waals surface area (Å²) in [7, 11) is 0. The molecule has 6 heteroatoms. The summed E-state index contributed by atoms with van der Waals surface area (Å²) in [6, 6.07) is 15.8. The van der Waals surface area contributed by atoms with E-state index in [-0.39, 0.29) is 5.88 Å². The SMILES string of the molecule is Oc1c(-c2ccc(CN3CCOCC3)cn2)c2ccccc2n1Cc1ccco1. The summed E-state index contributed by atoms with van der Waals surface area (Å²) in [5.74, 6) is 0.998. The maximum atomic E-state index is 11.1. The van der Waals surface area contributed by atoms with Crippen molar-refractivity contribution < 1.29 is 14.3 Å². The number of pyridine rings is 1. The average molecular weight is 389 g/mol. The van der Waals surface area contributed by atoms with Crippen LogP contribution >= 0.6 is 0 Å². The second-order valence-corrected chi connectivity index (χ2v) is 7.32. The number of benzene rings is 1. The van der Waals surface area contributed by atoms with Crippen LogP contribution in [-0.2, 0) is 17.8 Å². The monoisotopic (exact) mass is 389 g/mol. The lowest BCUT2D eigenvalue weighted by atomic mass is 10.1. The zero-order valence-electron chi connectivity index (χ0n) is 16.1. The number of hydrogen-bond donors (Lipinski definition) is 1. The summed E-state index contributed by atoms with van der Waals surface area (Å²) >= 11 is 0. The topological polar surface area (TPSA) is 63.7 Å². The van der Waals surface area contributed by atoms with Gasteiger partial charge in [-0.2, -0.15) is 0 Å². The zero-order chi connectivity index (χ0) is 19.6. The number of ether oxygens (including phenoxy) is 1. The molecule has 1 fully saturated rings. The largest absolute Gasteiger partial charge is 0.494 e. The van der Waals surface area contributed by atoms with Crippen LogP contribution < -0.4 is 0 Å². The highest BCUT2D eigenvalue weighted by atomic mass is 16.5. The summed E-state index contributed by atoms with van der Waals surface area (Å²) in [6.07, 6.45) is 3.55. The average Bonchev–Trinajstić information content (AvgIpc) is 3.37. The van der Waals surface area contributed by atoms with E-state index in [4.69, 9.17) is 9.15 Å². The van der Waals surface area contributed by atoms with Gasteiger partial charge in [0.2, 0.25) is 5.88 Å². The molecule has 0 amide bonds. The van der Waals surface area contributed by atoms with E-state index >= 15 is 0 Å². The number of rotatable bonds is 5.